The fraction of sp³-hybridized carbons (Fsp3) is 0.474. The number of aromatic nitrogens is 2. The van der Waals surface area contributed by atoms with Crippen molar-refractivity contribution in [3.8, 4) is 6.07 Å². The molecule has 3 rings (SSSR count). The Morgan fingerprint density at radius 3 is 2.38 bits per heavy atom. The van der Waals surface area contributed by atoms with Crippen molar-refractivity contribution in [2.75, 3.05) is 0 Å². The molecule has 0 atom stereocenters. The Kier molecular flexibility index (Phi) is 4.46. The van der Waals surface area contributed by atoms with Gasteiger partial charge in [0.1, 0.15) is 5.82 Å². The minimum absolute atomic E-state index is 0.312. The second-order valence-electron chi connectivity index (χ2n) is 7.74. The Labute approximate surface area is 153 Å². The molecule has 0 spiro atoms. The van der Waals surface area contributed by atoms with Crippen molar-refractivity contribution in [3.63, 3.8) is 0 Å². The molecule has 0 saturated carbocycles. The zero-order valence-corrected chi connectivity index (χ0v) is 16.1. The SMILES string of the molecule is Cc1nn(Cc2cc(F)ccc2C#N)c(C)c1B1OC(C)(C)C(C)(C)O1. The molecule has 5 nitrogen and oxygen atoms in total. The van der Waals surface area contributed by atoms with E-state index in [0.717, 1.165) is 16.9 Å². The molecule has 0 radical (unpaired) electrons. The predicted octanol–water partition coefficient (Wildman–Crippen LogP) is 2.86. The van der Waals surface area contributed by atoms with Gasteiger partial charge in [-0.2, -0.15) is 10.4 Å². The highest BCUT2D eigenvalue weighted by Crippen LogP contribution is 2.37. The fourth-order valence-corrected chi connectivity index (χ4v) is 3.13. The minimum atomic E-state index is -0.503. The van der Waals surface area contributed by atoms with E-state index in [2.05, 4.69) is 11.2 Å². The van der Waals surface area contributed by atoms with Crippen LogP contribution in [0, 0.1) is 31.0 Å². The molecule has 1 aliphatic heterocycles. The summed E-state index contributed by atoms with van der Waals surface area (Å²) >= 11 is 0. The van der Waals surface area contributed by atoms with Gasteiger partial charge in [-0.15, -0.1) is 0 Å². The topological polar surface area (TPSA) is 60.1 Å². The standard InChI is InChI=1S/C19H23BFN3O2/c1-12-17(20-25-18(3,4)19(5,6)26-20)13(2)24(23-12)11-15-9-16(21)8-7-14(15)10-22/h7-9H,11H2,1-6H3. The fourth-order valence-electron chi connectivity index (χ4n) is 3.13. The van der Waals surface area contributed by atoms with Gasteiger partial charge in [-0.05, 0) is 65.3 Å². The summed E-state index contributed by atoms with van der Waals surface area (Å²) < 4.78 is 27.7. The summed E-state index contributed by atoms with van der Waals surface area (Å²) in [5.74, 6) is -0.369. The van der Waals surface area contributed by atoms with Crippen LogP contribution in [0.3, 0.4) is 0 Å². The van der Waals surface area contributed by atoms with Crippen molar-refractivity contribution in [1.29, 1.82) is 5.26 Å². The second kappa shape index (κ2) is 6.22. The molecule has 26 heavy (non-hydrogen) atoms. The van der Waals surface area contributed by atoms with Gasteiger partial charge in [0.2, 0.25) is 0 Å². The summed E-state index contributed by atoms with van der Waals surface area (Å²) in [5, 5.41) is 13.8. The van der Waals surface area contributed by atoms with Crippen molar-refractivity contribution in [1.82, 2.24) is 9.78 Å². The first kappa shape index (κ1) is 18.6. The number of nitrogens with zero attached hydrogens (tertiary/aromatic N) is 3. The molecule has 1 saturated heterocycles. The highest BCUT2D eigenvalue weighted by molar-refractivity contribution is 6.63. The number of nitriles is 1. The van der Waals surface area contributed by atoms with Gasteiger partial charge in [-0.25, -0.2) is 4.39 Å². The molecule has 1 aromatic carbocycles. The van der Waals surface area contributed by atoms with Gasteiger partial charge in [0.25, 0.3) is 0 Å². The summed E-state index contributed by atoms with van der Waals surface area (Å²) in [6.07, 6.45) is 0. The van der Waals surface area contributed by atoms with Crippen LogP contribution in [0.4, 0.5) is 4.39 Å². The van der Waals surface area contributed by atoms with E-state index in [1.807, 2.05) is 41.5 Å². The lowest BCUT2D eigenvalue weighted by Gasteiger charge is -2.32. The summed E-state index contributed by atoms with van der Waals surface area (Å²) in [6, 6.07) is 6.26. The van der Waals surface area contributed by atoms with Crippen LogP contribution >= 0.6 is 0 Å². The van der Waals surface area contributed by atoms with Crippen molar-refractivity contribution >= 4 is 12.6 Å². The Morgan fingerprint density at radius 2 is 1.81 bits per heavy atom. The molecule has 0 unspecified atom stereocenters. The third kappa shape index (κ3) is 3.04. The molecule has 0 N–H and O–H groups in total. The van der Waals surface area contributed by atoms with Gasteiger partial charge in [0, 0.05) is 11.2 Å². The molecule has 0 aliphatic carbocycles. The largest absolute Gasteiger partial charge is 0.498 e. The molecular formula is C19H23BFN3O2. The second-order valence-corrected chi connectivity index (χ2v) is 7.74. The normalized spacial score (nSPS) is 18.2. The smallest absolute Gasteiger partial charge is 0.399 e. The number of benzene rings is 1. The first-order chi connectivity index (χ1) is 12.1. The van der Waals surface area contributed by atoms with E-state index in [0.29, 0.717) is 17.7 Å². The summed E-state index contributed by atoms with van der Waals surface area (Å²) in [5.41, 5.74) is 2.74. The molecule has 136 valence electrons. The number of hydrogen-bond donors (Lipinski definition) is 0. The Hall–Kier alpha value is -2.17. The number of aryl methyl sites for hydroxylation is 1. The zero-order valence-electron chi connectivity index (χ0n) is 16.1. The Balaban J connectivity index is 1.96. The van der Waals surface area contributed by atoms with Crippen LogP contribution in [0.1, 0.15) is 50.2 Å². The van der Waals surface area contributed by atoms with E-state index < -0.39 is 18.3 Å². The maximum Gasteiger partial charge on any atom is 0.498 e. The van der Waals surface area contributed by atoms with Crippen LogP contribution in [-0.2, 0) is 15.9 Å². The van der Waals surface area contributed by atoms with Crippen LogP contribution in [0.2, 0.25) is 0 Å². The predicted molar refractivity (Wildman–Crippen MR) is 97.6 cm³/mol. The van der Waals surface area contributed by atoms with E-state index in [9.17, 15) is 9.65 Å². The lowest BCUT2D eigenvalue weighted by atomic mass is 9.77. The lowest BCUT2D eigenvalue weighted by molar-refractivity contribution is 0.00578. The maximum absolute atomic E-state index is 13.6. The third-order valence-electron chi connectivity index (χ3n) is 5.43. The first-order valence-corrected chi connectivity index (χ1v) is 8.64. The van der Waals surface area contributed by atoms with Crippen molar-refractivity contribution < 1.29 is 13.7 Å². The molecule has 1 aromatic heterocycles. The third-order valence-corrected chi connectivity index (χ3v) is 5.43. The first-order valence-electron chi connectivity index (χ1n) is 8.64. The summed E-state index contributed by atoms with van der Waals surface area (Å²) in [4.78, 5) is 0. The van der Waals surface area contributed by atoms with E-state index in [1.54, 1.807) is 4.68 Å². The van der Waals surface area contributed by atoms with Crippen LogP contribution in [0.5, 0.6) is 0 Å². The summed E-state index contributed by atoms with van der Waals surface area (Å²) in [7, 11) is -0.503. The van der Waals surface area contributed by atoms with Gasteiger partial charge >= 0.3 is 7.12 Å². The van der Waals surface area contributed by atoms with Gasteiger partial charge in [0.05, 0.1) is 35.1 Å². The molecule has 2 heterocycles. The van der Waals surface area contributed by atoms with Crippen molar-refractivity contribution in [2.45, 2.75) is 59.3 Å². The van der Waals surface area contributed by atoms with Gasteiger partial charge < -0.3 is 9.31 Å². The van der Waals surface area contributed by atoms with E-state index in [1.165, 1.54) is 18.2 Å². The van der Waals surface area contributed by atoms with Crippen LogP contribution in [0.25, 0.3) is 0 Å². The average molecular weight is 355 g/mol. The Bertz CT molecular complexity index is 883. The van der Waals surface area contributed by atoms with Gasteiger partial charge in [-0.3, -0.25) is 4.68 Å². The van der Waals surface area contributed by atoms with E-state index >= 15 is 0 Å². The molecular weight excluding hydrogens is 332 g/mol. The molecule has 0 amide bonds. The number of rotatable bonds is 3. The number of hydrogen-bond acceptors (Lipinski definition) is 4. The van der Waals surface area contributed by atoms with Crippen LogP contribution < -0.4 is 5.46 Å². The molecule has 1 fully saturated rings. The van der Waals surface area contributed by atoms with Crippen LogP contribution in [-0.4, -0.2) is 28.1 Å². The van der Waals surface area contributed by atoms with Gasteiger partial charge in [-0.1, -0.05) is 0 Å². The molecule has 0 bridgehead atoms. The summed E-state index contributed by atoms with van der Waals surface area (Å²) in [6.45, 7) is 12.2. The molecule has 7 heteroatoms. The van der Waals surface area contributed by atoms with Gasteiger partial charge in [0.15, 0.2) is 0 Å². The maximum atomic E-state index is 13.6. The van der Waals surface area contributed by atoms with Crippen LogP contribution in [0.15, 0.2) is 18.2 Å². The zero-order chi connectivity index (χ0) is 19.3. The lowest BCUT2D eigenvalue weighted by Crippen LogP contribution is -2.41. The monoisotopic (exact) mass is 355 g/mol. The van der Waals surface area contributed by atoms with Crippen molar-refractivity contribution in [3.05, 3.63) is 46.5 Å². The highest BCUT2D eigenvalue weighted by Gasteiger charge is 2.53. The minimum Gasteiger partial charge on any atom is -0.399 e. The highest BCUT2D eigenvalue weighted by atomic mass is 19.1. The molecule has 2 aromatic rings. The Morgan fingerprint density at radius 1 is 1.19 bits per heavy atom. The van der Waals surface area contributed by atoms with E-state index in [-0.39, 0.29) is 5.82 Å². The quantitative estimate of drug-likeness (QED) is 0.795. The van der Waals surface area contributed by atoms with E-state index in [4.69, 9.17) is 9.31 Å². The average Bonchev–Trinajstić information content (AvgIpc) is 2.91. The van der Waals surface area contributed by atoms with Crippen molar-refractivity contribution in [2.24, 2.45) is 0 Å². The number of halogens is 1. The molecule has 1 aliphatic rings.